The number of aliphatic hydroxyl groups is 1. The smallest absolute Gasteiger partial charge is 0.223 e. The van der Waals surface area contributed by atoms with Crippen molar-refractivity contribution >= 4 is 21.8 Å². The molecule has 3 nitrogen and oxygen atoms in total. The van der Waals surface area contributed by atoms with Gasteiger partial charge in [-0.3, -0.25) is 4.79 Å². The number of rotatable bonds is 7. The summed E-state index contributed by atoms with van der Waals surface area (Å²) < 4.78 is 1.03. The van der Waals surface area contributed by atoms with E-state index in [1.165, 1.54) is 0 Å². The molecule has 104 valence electrons. The number of nitrogens with zero attached hydrogens (tertiary/aromatic N) is 1. The van der Waals surface area contributed by atoms with Crippen molar-refractivity contribution in [3.63, 3.8) is 0 Å². The van der Waals surface area contributed by atoms with E-state index in [1.807, 2.05) is 31.2 Å². The van der Waals surface area contributed by atoms with Crippen LogP contribution >= 0.6 is 15.9 Å². The highest BCUT2D eigenvalue weighted by Gasteiger charge is 2.16. The summed E-state index contributed by atoms with van der Waals surface area (Å²) in [6, 6.07) is 7.99. The largest absolute Gasteiger partial charge is 0.395 e. The Labute approximate surface area is 123 Å². The van der Waals surface area contributed by atoms with Gasteiger partial charge in [-0.1, -0.05) is 41.1 Å². The van der Waals surface area contributed by atoms with Gasteiger partial charge in [-0.05, 0) is 23.6 Å². The zero-order chi connectivity index (χ0) is 14.3. The van der Waals surface area contributed by atoms with Crippen LogP contribution in [-0.2, 0) is 4.79 Å². The Morgan fingerprint density at radius 3 is 2.63 bits per heavy atom. The van der Waals surface area contributed by atoms with Gasteiger partial charge >= 0.3 is 0 Å². The lowest BCUT2D eigenvalue weighted by atomic mass is 9.97. The van der Waals surface area contributed by atoms with Gasteiger partial charge < -0.3 is 10.0 Å². The van der Waals surface area contributed by atoms with Crippen molar-refractivity contribution in [2.75, 3.05) is 19.7 Å². The predicted octanol–water partition coefficient (Wildman–Crippen LogP) is 2.95. The molecule has 0 fully saturated rings. The van der Waals surface area contributed by atoms with E-state index in [4.69, 9.17) is 5.11 Å². The molecule has 0 saturated carbocycles. The van der Waals surface area contributed by atoms with Crippen LogP contribution in [0.15, 0.2) is 41.4 Å². The van der Waals surface area contributed by atoms with Crippen molar-refractivity contribution in [3.8, 4) is 0 Å². The molecule has 0 radical (unpaired) electrons. The maximum Gasteiger partial charge on any atom is 0.223 e. The van der Waals surface area contributed by atoms with Crippen LogP contribution in [0.5, 0.6) is 0 Å². The van der Waals surface area contributed by atoms with Crippen LogP contribution in [-0.4, -0.2) is 35.6 Å². The Bertz CT molecular complexity index is 417. The van der Waals surface area contributed by atoms with Crippen molar-refractivity contribution in [1.82, 2.24) is 4.90 Å². The van der Waals surface area contributed by atoms with Gasteiger partial charge in [-0.15, -0.1) is 6.58 Å². The molecule has 1 N–H and O–H groups in total. The first kappa shape index (κ1) is 15.9. The molecule has 0 spiro atoms. The Kier molecular flexibility index (Phi) is 6.81. The number of hydrogen-bond donors (Lipinski definition) is 1. The van der Waals surface area contributed by atoms with Gasteiger partial charge in [0.05, 0.1) is 6.61 Å². The van der Waals surface area contributed by atoms with E-state index < -0.39 is 0 Å². The summed E-state index contributed by atoms with van der Waals surface area (Å²) in [5, 5.41) is 8.96. The Balaban J connectivity index is 2.63. The van der Waals surface area contributed by atoms with Crippen molar-refractivity contribution in [1.29, 1.82) is 0 Å². The second kappa shape index (κ2) is 8.12. The molecule has 4 heteroatoms. The van der Waals surface area contributed by atoms with Crippen LogP contribution in [0.4, 0.5) is 0 Å². The Morgan fingerprint density at radius 2 is 2.11 bits per heavy atom. The maximum absolute atomic E-state index is 12.1. The molecule has 0 aromatic heterocycles. The molecule has 1 atom stereocenters. The summed E-state index contributed by atoms with van der Waals surface area (Å²) in [6.07, 6.45) is 2.12. The Morgan fingerprint density at radius 1 is 1.47 bits per heavy atom. The normalized spacial score (nSPS) is 11.9. The first-order valence-corrected chi connectivity index (χ1v) is 7.12. The third-order valence-corrected chi connectivity index (χ3v) is 3.52. The van der Waals surface area contributed by atoms with E-state index in [9.17, 15) is 4.79 Å². The molecular weight excluding hydrogens is 306 g/mol. The van der Waals surface area contributed by atoms with Crippen LogP contribution in [0.25, 0.3) is 0 Å². The Hall–Kier alpha value is -1.13. The van der Waals surface area contributed by atoms with Gasteiger partial charge in [0.25, 0.3) is 0 Å². The van der Waals surface area contributed by atoms with Crippen molar-refractivity contribution < 1.29 is 9.90 Å². The summed E-state index contributed by atoms with van der Waals surface area (Å²) in [5.74, 6) is 0.205. The van der Waals surface area contributed by atoms with E-state index in [0.717, 1.165) is 10.0 Å². The van der Waals surface area contributed by atoms with Crippen LogP contribution in [0.1, 0.15) is 24.8 Å². The molecule has 0 heterocycles. The number of carbonyl (C=O) groups is 1. The van der Waals surface area contributed by atoms with Gasteiger partial charge in [0, 0.05) is 24.0 Å². The van der Waals surface area contributed by atoms with E-state index in [2.05, 4.69) is 22.5 Å². The minimum absolute atomic E-state index is 0.0216. The van der Waals surface area contributed by atoms with E-state index in [0.29, 0.717) is 19.5 Å². The van der Waals surface area contributed by atoms with Crippen molar-refractivity contribution in [2.45, 2.75) is 19.3 Å². The van der Waals surface area contributed by atoms with E-state index in [1.54, 1.807) is 11.0 Å². The zero-order valence-corrected chi connectivity index (χ0v) is 12.8. The molecule has 1 amide bonds. The second-order valence-electron chi connectivity index (χ2n) is 4.51. The summed E-state index contributed by atoms with van der Waals surface area (Å²) >= 11 is 3.40. The minimum Gasteiger partial charge on any atom is -0.395 e. The molecule has 0 bridgehead atoms. The fourth-order valence-corrected chi connectivity index (χ4v) is 2.16. The number of benzene rings is 1. The standard InChI is InChI=1S/C15H20BrNO2/c1-3-8-17(9-10-18)15(19)11-12(2)13-4-6-14(16)7-5-13/h3-7,12,18H,1,8-11H2,2H3. The van der Waals surface area contributed by atoms with Crippen LogP contribution in [0.3, 0.4) is 0 Å². The van der Waals surface area contributed by atoms with Gasteiger partial charge in [-0.2, -0.15) is 0 Å². The number of halogens is 1. The highest BCUT2D eigenvalue weighted by atomic mass is 79.9. The van der Waals surface area contributed by atoms with Crippen LogP contribution in [0.2, 0.25) is 0 Å². The first-order valence-electron chi connectivity index (χ1n) is 6.33. The summed E-state index contributed by atoms with van der Waals surface area (Å²) in [5.41, 5.74) is 1.14. The number of amides is 1. The molecule has 0 aliphatic carbocycles. The topological polar surface area (TPSA) is 40.5 Å². The van der Waals surface area contributed by atoms with Crippen molar-refractivity contribution in [2.24, 2.45) is 0 Å². The van der Waals surface area contributed by atoms with Crippen LogP contribution < -0.4 is 0 Å². The fourth-order valence-electron chi connectivity index (χ4n) is 1.89. The van der Waals surface area contributed by atoms with Gasteiger partial charge in [0.1, 0.15) is 0 Å². The number of aliphatic hydroxyl groups excluding tert-OH is 1. The summed E-state index contributed by atoms with van der Waals surface area (Å²) in [6.45, 7) is 6.48. The molecule has 1 aromatic carbocycles. The lowest BCUT2D eigenvalue weighted by molar-refractivity contribution is -0.131. The fraction of sp³-hybridized carbons (Fsp3) is 0.400. The molecule has 0 saturated heterocycles. The third kappa shape index (κ3) is 5.17. The molecule has 19 heavy (non-hydrogen) atoms. The zero-order valence-electron chi connectivity index (χ0n) is 11.2. The molecule has 1 unspecified atom stereocenters. The van der Waals surface area contributed by atoms with E-state index in [-0.39, 0.29) is 18.4 Å². The van der Waals surface area contributed by atoms with E-state index >= 15 is 0 Å². The lowest BCUT2D eigenvalue weighted by Gasteiger charge is -2.22. The molecule has 1 rings (SSSR count). The average molecular weight is 326 g/mol. The monoisotopic (exact) mass is 325 g/mol. The van der Waals surface area contributed by atoms with Gasteiger partial charge in [-0.25, -0.2) is 0 Å². The quantitative estimate of drug-likeness (QED) is 0.783. The second-order valence-corrected chi connectivity index (χ2v) is 5.42. The number of carbonyl (C=O) groups excluding carboxylic acids is 1. The first-order chi connectivity index (χ1) is 9.08. The third-order valence-electron chi connectivity index (χ3n) is 2.99. The summed E-state index contributed by atoms with van der Waals surface area (Å²) in [4.78, 5) is 13.8. The van der Waals surface area contributed by atoms with Crippen LogP contribution in [0, 0.1) is 0 Å². The van der Waals surface area contributed by atoms with Crippen molar-refractivity contribution in [3.05, 3.63) is 47.0 Å². The summed E-state index contributed by atoms with van der Waals surface area (Å²) in [7, 11) is 0. The highest BCUT2D eigenvalue weighted by molar-refractivity contribution is 9.10. The average Bonchev–Trinajstić information content (AvgIpc) is 2.39. The molecular formula is C15H20BrNO2. The highest BCUT2D eigenvalue weighted by Crippen LogP contribution is 2.22. The van der Waals surface area contributed by atoms with Gasteiger partial charge in [0.15, 0.2) is 0 Å². The SMILES string of the molecule is C=CCN(CCO)C(=O)CC(C)c1ccc(Br)cc1. The molecule has 0 aliphatic heterocycles. The number of hydrogen-bond acceptors (Lipinski definition) is 2. The van der Waals surface area contributed by atoms with Gasteiger partial charge in [0.2, 0.25) is 5.91 Å². The predicted molar refractivity (Wildman–Crippen MR) is 81.0 cm³/mol. The maximum atomic E-state index is 12.1. The minimum atomic E-state index is -0.0216. The lowest BCUT2D eigenvalue weighted by Crippen LogP contribution is -2.34. The molecule has 0 aliphatic rings. The molecule has 1 aromatic rings.